The Labute approximate surface area is 145 Å². The van der Waals surface area contributed by atoms with Gasteiger partial charge in [-0.25, -0.2) is 0 Å². The van der Waals surface area contributed by atoms with Crippen molar-refractivity contribution >= 4 is 0 Å². The van der Waals surface area contributed by atoms with Crippen molar-refractivity contribution in [1.82, 2.24) is 0 Å². The van der Waals surface area contributed by atoms with Crippen LogP contribution in [-0.2, 0) is 9.47 Å². The molecule has 0 aliphatic carbocycles. The van der Waals surface area contributed by atoms with Crippen LogP contribution in [0, 0.1) is 0 Å². The van der Waals surface area contributed by atoms with Crippen molar-refractivity contribution in [2.45, 2.75) is 110 Å². The maximum absolute atomic E-state index is 5.61. The summed E-state index contributed by atoms with van der Waals surface area (Å²) >= 11 is 0. The summed E-state index contributed by atoms with van der Waals surface area (Å²) in [6.45, 7) is 11.8. The zero-order chi connectivity index (χ0) is 17.2. The molecule has 2 nitrogen and oxygen atoms in total. The van der Waals surface area contributed by atoms with Crippen LogP contribution in [0.5, 0.6) is 0 Å². The standard InChI is InChI=1S/C21H40O2/c1-5-9-16-20(22-7-3)18-14-12-11-13-15-19-21(23-8-4)17-10-6-2/h7-8,20-21H,3-6,9-19H2,1-2H3. The van der Waals surface area contributed by atoms with E-state index in [2.05, 4.69) is 27.0 Å². The maximum Gasteiger partial charge on any atom is 0.0978 e. The lowest BCUT2D eigenvalue weighted by Gasteiger charge is -2.17. The predicted molar refractivity (Wildman–Crippen MR) is 102 cm³/mol. The van der Waals surface area contributed by atoms with Crippen LogP contribution in [0.3, 0.4) is 0 Å². The maximum atomic E-state index is 5.61. The van der Waals surface area contributed by atoms with E-state index in [-0.39, 0.29) is 0 Å². The molecule has 0 radical (unpaired) electrons. The number of rotatable bonds is 18. The molecule has 23 heavy (non-hydrogen) atoms. The first kappa shape index (κ1) is 22.1. The molecule has 2 heteroatoms. The topological polar surface area (TPSA) is 18.5 Å². The molecule has 0 rings (SSSR count). The molecule has 0 aliphatic rings. The van der Waals surface area contributed by atoms with Crippen molar-refractivity contribution in [3.63, 3.8) is 0 Å². The highest BCUT2D eigenvalue weighted by atomic mass is 16.5. The van der Waals surface area contributed by atoms with Crippen molar-refractivity contribution in [3.8, 4) is 0 Å². The van der Waals surface area contributed by atoms with Gasteiger partial charge in [0.15, 0.2) is 0 Å². The van der Waals surface area contributed by atoms with Gasteiger partial charge >= 0.3 is 0 Å². The molecule has 0 heterocycles. The Balaban J connectivity index is 3.61. The van der Waals surface area contributed by atoms with Crippen molar-refractivity contribution in [1.29, 1.82) is 0 Å². The lowest BCUT2D eigenvalue weighted by atomic mass is 10.0. The van der Waals surface area contributed by atoms with E-state index in [9.17, 15) is 0 Å². The Kier molecular flexibility index (Phi) is 16.7. The van der Waals surface area contributed by atoms with Gasteiger partial charge < -0.3 is 9.47 Å². The Morgan fingerprint density at radius 2 is 0.957 bits per heavy atom. The summed E-state index contributed by atoms with van der Waals surface area (Å²) in [5, 5.41) is 0. The highest BCUT2D eigenvalue weighted by Gasteiger charge is 2.08. The molecule has 0 saturated carbocycles. The lowest BCUT2D eigenvalue weighted by molar-refractivity contribution is 0.120. The van der Waals surface area contributed by atoms with Gasteiger partial charge in [0.2, 0.25) is 0 Å². The Hall–Kier alpha value is -0.920. The second kappa shape index (κ2) is 17.4. The molecule has 0 aromatic rings. The first-order valence-corrected chi connectivity index (χ1v) is 9.81. The van der Waals surface area contributed by atoms with E-state index in [0.29, 0.717) is 12.2 Å². The van der Waals surface area contributed by atoms with Gasteiger partial charge in [0, 0.05) is 0 Å². The second-order valence-electron chi connectivity index (χ2n) is 6.48. The highest BCUT2D eigenvalue weighted by molar-refractivity contribution is 4.65. The smallest absolute Gasteiger partial charge is 0.0978 e. The fourth-order valence-corrected chi connectivity index (χ4v) is 2.97. The third-order valence-electron chi connectivity index (χ3n) is 4.39. The molecule has 0 fully saturated rings. The summed E-state index contributed by atoms with van der Waals surface area (Å²) in [6, 6.07) is 0. The van der Waals surface area contributed by atoms with E-state index < -0.39 is 0 Å². The number of hydrogen-bond donors (Lipinski definition) is 0. The Bertz CT molecular complexity index is 237. The van der Waals surface area contributed by atoms with Crippen LogP contribution in [0.2, 0.25) is 0 Å². The van der Waals surface area contributed by atoms with Crippen LogP contribution >= 0.6 is 0 Å². The van der Waals surface area contributed by atoms with Gasteiger partial charge in [0.25, 0.3) is 0 Å². The summed E-state index contributed by atoms with van der Waals surface area (Å²) in [5.74, 6) is 0. The van der Waals surface area contributed by atoms with E-state index in [1.165, 1.54) is 83.5 Å². The molecule has 0 aromatic carbocycles. The van der Waals surface area contributed by atoms with Crippen molar-refractivity contribution in [2.24, 2.45) is 0 Å². The van der Waals surface area contributed by atoms with Crippen LogP contribution < -0.4 is 0 Å². The zero-order valence-electron chi connectivity index (χ0n) is 15.7. The molecular formula is C21H40O2. The van der Waals surface area contributed by atoms with Gasteiger partial charge in [-0.2, -0.15) is 0 Å². The molecule has 0 aliphatic heterocycles. The third kappa shape index (κ3) is 14.4. The fourth-order valence-electron chi connectivity index (χ4n) is 2.97. The Morgan fingerprint density at radius 1 is 0.609 bits per heavy atom. The van der Waals surface area contributed by atoms with Crippen LogP contribution in [0.15, 0.2) is 25.7 Å². The van der Waals surface area contributed by atoms with Crippen LogP contribution in [-0.4, -0.2) is 12.2 Å². The minimum Gasteiger partial charge on any atom is -0.499 e. The zero-order valence-corrected chi connectivity index (χ0v) is 15.7. The average molecular weight is 325 g/mol. The van der Waals surface area contributed by atoms with Crippen LogP contribution in [0.1, 0.15) is 97.3 Å². The molecule has 0 bridgehead atoms. The van der Waals surface area contributed by atoms with E-state index >= 15 is 0 Å². The first-order chi connectivity index (χ1) is 11.3. The normalized spacial score (nSPS) is 13.3. The second-order valence-corrected chi connectivity index (χ2v) is 6.48. The third-order valence-corrected chi connectivity index (χ3v) is 4.39. The van der Waals surface area contributed by atoms with Gasteiger partial charge in [0.05, 0.1) is 24.7 Å². The largest absolute Gasteiger partial charge is 0.499 e. The highest BCUT2D eigenvalue weighted by Crippen LogP contribution is 2.17. The summed E-state index contributed by atoms with van der Waals surface area (Å²) in [5.41, 5.74) is 0. The quantitative estimate of drug-likeness (QED) is 0.197. The fraction of sp³-hybridized carbons (Fsp3) is 0.810. The molecular weight excluding hydrogens is 284 g/mol. The Morgan fingerprint density at radius 3 is 1.30 bits per heavy atom. The van der Waals surface area contributed by atoms with Gasteiger partial charge in [0.1, 0.15) is 0 Å². The number of unbranched alkanes of at least 4 members (excludes halogenated alkanes) is 6. The van der Waals surface area contributed by atoms with Gasteiger partial charge in [-0.3, -0.25) is 0 Å². The lowest BCUT2D eigenvalue weighted by Crippen LogP contribution is -2.10. The first-order valence-electron chi connectivity index (χ1n) is 9.81. The number of ether oxygens (including phenoxy) is 2. The van der Waals surface area contributed by atoms with Gasteiger partial charge in [-0.1, -0.05) is 72.0 Å². The number of hydrogen-bond acceptors (Lipinski definition) is 2. The predicted octanol–water partition coefficient (Wildman–Crippen LogP) is 7.15. The summed E-state index contributed by atoms with van der Waals surface area (Å²) in [6.07, 6.45) is 20.1. The van der Waals surface area contributed by atoms with Crippen LogP contribution in [0.25, 0.3) is 0 Å². The van der Waals surface area contributed by atoms with E-state index in [1.807, 2.05) is 0 Å². The summed E-state index contributed by atoms with van der Waals surface area (Å²) in [4.78, 5) is 0. The molecule has 0 saturated heterocycles. The van der Waals surface area contributed by atoms with Crippen molar-refractivity contribution in [2.75, 3.05) is 0 Å². The van der Waals surface area contributed by atoms with Crippen molar-refractivity contribution in [3.05, 3.63) is 25.7 Å². The summed E-state index contributed by atoms with van der Waals surface area (Å²) in [7, 11) is 0. The molecule has 2 atom stereocenters. The van der Waals surface area contributed by atoms with E-state index in [0.717, 1.165) is 0 Å². The average Bonchev–Trinajstić information content (AvgIpc) is 2.56. The van der Waals surface area contributed by atoms with E-state index in [4.69, 9.17) is 9.47 Å². The molecule has 136 valence electrons. The SMILES string of the molecule is C=COC(CCCC)CCCCCCCC(CCCC)OC=C. The van der Waals surface area contributed by atoms with Gasteiger partial charge in [-0.15, -0.1) is 0 Å². The molecule has 0 amide bonds. The van der Waals surface area contributed by atoms with Crippen molar-refractivity contribution < 1.29 is 9.47 Å². The van der Waals surface area contributed by atoms with E-state index in [1.54, 1.807) is 12.5 Å². The molecule has 0 aromatic heterocycles. The van der Waals surface area contributed by atoms with Crippen LogP contribution in [0.4, 0.5) is 0 Å². The molecule has 0 N–H and O–H groups in total. The monoisotopic (exact) mass is 324 g/mol. The molecule has 2 unspecified atom stereocenters. The minimum absolute atomic E-state index is 0.381. The minimum atomic E-state index is 0.381. The van der Waals surface area contributed by atoms with Gasteiger partial charge in [-0.05, 0) is 38.5 Å². The summed E-state index contributed by atoms with van der Waals surface area (Å²) < 4.78 is 11.2. The molecule has 0 spiro atoms.